The summed E-state index contributed by atoms with van der Waals surface area (Å²) in [6.45, 7) is 0.421. The molecule has 5 nitrogen and oxygen atoms in total. The molecule has 0 radical (unpaired) electrons. The van der Waals surface area contributed by atoms with E-state index in [0.717, 1.165) is 16.3 Å². The van der Waals surface area contributed by atoms with Crippen LogP contribution >= 0.6 is 11.3 Å². The summed E-state index contributed by atoms with van der Waals surface area (Å²) >= 11 is 1.39. The third-order valence-electron chi connectivity index (χ3n) is 3.56. The first-order chi connectivity index (χ1) is 12.7. The van der Waals surface area contributed by atoms with Crippen LogP contribution in [0.25, 0.3) is 10.6 Å². The lowest BCUT2D eigenvalue weighted by Gasteiger charge is -2.07. The third kappa shape index (κ3) is 4.37. The molecule has 0 saturated carbocycles. The number of nitrogens with one attached hydrogen (secondary N) is 1. The zero-order valence-electron chi connectivity index (χ0n) is 14.1. The van der Waals surface area contributed by atoms with Crippen LogP contribution in [0.3, 0.4) is 0 Å². The fourth-order valence-electron chi connectivity index (χ4n) is 2.22. The van der Waals surface area contributed by atoms with Crippen molar-refractivity contribution in [2.75, 3.05) is 20.3 Å². The van der Waals surface area contributed by atoms with E-state index in [2.05, 4.69) is 10.3 Å². The molecule has 26 heavy (non-hydrogen) atoms. The van der Waals surface area contributed by atoms with E-state index in [9.17, 15) is 9.18 Å². The van der Waals surface area contributed by atoms with Gasteiger partial charge in [0.15, 0.2) is 11.6 Å². The van der Waals surface area contributed by atoms with Gasteiger partial charge >= 0.3 is 0 Å². The Bertz CT molecular complexity index is 881. The van der Waals surface area contributed by atoms with Crippen LogP contribution in [0.1, 0.15) is 10.5 Å². The highest BCUT2D eigenvalue weighted by Gasteiger charge is 2.12. The highest BCUT2D eigenvalue weighted by atomic mass is 32.1. The van der Waals surface area contributed by atoms with Crippen molar-refractivity contribution < 1.29 is 18.7 Å². The maximum atomic E-state index is 13.4. The second-order valence-corrected chi connectivity index (χ2v) is 6.16. The van der Waals surface area contributed by atoms with Crippen LogP contribution in [0.5, 0.6) is 11.5 Å². The lowest BCUT2D eigenvalue weighted by molar-refractivity contribution is 0.0942. The van der Waals surface area contributed by atoms with Crippen molar-refractivity contribution in [3.8, 4) is 22.1 Å². The molecule has 134 valence electrons. The van der Waals surface area contributed by atoms with Gasteiger partial charge in [-0.2, -0.15) is 0 Å². The number of rotatable bonds is 7. The Balaban J connectivity index is 1.52. The van der Waals surface area contributed by atoms with Crippen molar-refractivity contribution in [3.05, 3.63) is 65.4 Å². The summed E-state index contributed by atoms with van der Waals surface area (Å²) in [6, 6.07) is 13.6. The van der Waals surface area contributed by atoms with Crippen molar-refractivity contribution in [1.82, 2.24) is 10.3 Å². The number of hydrogen-bond donors (Lipinski definition) is 1. The van der Waals surface area contributed by atoms with Gasteiger partial charge < -0.3 is 14.8 Å². The summed E-state index contributed by atoms with van der Waals surface area (Å²) in [4.78, 5) is 16.5. The van der Waals surface area contributed by atoms with Crippen LogP contribution in [0, 0.1) is 5.82 Å². The smallest absolute Gasteiger partial charge is 0.270 e. The number of benzene rings is 2. The van der Waals surface area contributed by atoms with Gasteiger partial charge in [0.25, 0.3) is 5.91 Å². The molecule has 7 heteroatoms. The number of thiazole rings is 1. The van der Waals surface area contributed by atoms with Crippen LogP contribution in [0.4, 0.5) is 4.39 Å². The first-order valence-electron chi connectivity index (χ1n) is 7.93. The molecule has 3 aromatic rings. The van der Waals surface area contributed by atoms with Crippen LogP contribution in [0.15, 0.2) is 53.9 Å². The van der Waals surface area contributed by atoms with Crippen LogP contribution < -0.4 is 14.8 Å². The second-order valence-electron chi connectivity index (χ2n) is 5.30. The minimum atomic E-state index is -0.428. The summed E-state index contributed by atoms with van der Waals surface area (Å²) in [6.07, 6.45) is 0. The van der Waals surface area contributed by atoms with Crippen molar-refractivity contribution in [3.63, 3.8) is 0 Å². The first-order valence-corrected chi connectivity index (χ1v) is 8.81. The monoisotopic (exact) mass is 372 g/mol. The number of nitrogens with zero attached hydrogens (tertiary/aromatic N) is 1. The Morgan fingerprint density at radius 1 is 1.19 bits per heavy atom. The molecule has 3 rings (SSSR count). The van der Waals surface area contributed by atoms with Gasteiger partial charge in [0, 0.05) is 10.9 Å². The van der Waals surface area contributed by atoms with Crippen molar-refractivity contribution >= 4 is 17.2 Å². The Labute approximate surface area is 154 Å². The maximum absolute atomic E-state index is 13.4. The molecule has 0 aliphatic carbocycles. The zero-order valence-corrected chi connectivity index (χ0v) is 14.9. The number of aromatic nitrogens is 1. The number of methoxy groups -OCH3 is 1. The molecule has 1 aromatic heterocycles. The molecular formula is C19H17FN2O3S. The first kappa shape index (κ1) is 17.9. The summed E-state index contributed by atoms with van der Waals surface area (Å²) < 4.78 is 23.8. The van der Waals surface area contributed by atoms with Gasteiger partial charge in [-0.15, -0.1) is 11.3 Å². The van der Waals surface area contributed by atoms with Crippen molar-refractivity contribution in [1.29, 1.82) is 0 Å². The molecule has 0 bridgehead atoms. The Kier molecular flexibility index (Phi) is 5.80. The lowest BCUT2D eigenvalue weighted by atomic mass is 10.2. The Hall–Kier alpha value is -2.93. The number of halogens is 1. The minimum absolute atomic E-state index is 0.164. The number of amides is 1. The molecule has 0 fully saturated rings. The van der Waals surface area contributed by atoms with Gasteiger partial charge in [0.2, 0.25) is 0 Å². The van der Waals surface area contributed by atoms with E-state index in [-0.39, 0.29) is 24.8 Å². The molecule has 2 aromatic carbocycles. The zero-order chi connectivity index (χ0) is 18.4. The molecule has 1 amide bonds. The fraction of sp³-hybridized carbons (Fsp3) is 0.158. The predicted molar refractivity (Wildman–Crippen MR) is 98.3 cm³/mol. The van der Waals surface area contributed by atoms with Crippen molar-refractivity contribution in [2.45, 2.75) is 0 Å². The average molecular weight is 372 g/mol. The van der Waals surface area contributed by atoms with Gasteiger partial charge in [-0.3, -0.25) is 4.79 Å². The molecule has 0 spiro atoms. The predicted octanol–water partition coefficient (Wildman–Crippen LogP) is 3.77. The van der Waals surface area contributed by atoms with Gasteiger partial charge in [0.1, 0.15) is 23.1 Å². The summed E-state index contributed by atoms with van der Waals surface area (Å²) in [5, 5.41) is 5.16. The highest BCUT2D eigenvalue weighted by molar-refractivity contribution is 7.13. The van der Waals surface area contributed by atoms with Gasteiger partial charge in [-0.25, -0.2) is 9.37 Å². The fourth-order valence-corrected chi connectivity index (χ4v) is 3.03. The quantitative estimate of drug-likeness (QED) is 0.642. The summed E-state index contributed by atoms with van der Waals surface area (Å²) in [5.74, 6) is 0.205. The highest BCUT2D eigenvalue weighted by Crippen LogP contribution is 2.25. The number of ether oxygens (including phenoxy) is 2. The van der Waals surface area contributed by atoms with Gasteiger partial charge in [-0.1, -0.05) is 12.1 Å². The molecule has 0 aliphatic rings. The molecule has 0 aliphatic heterocycles. The Morgan fingerprint density at radius 3 is 2.69 bits per heavy atom. The molecule has 0 atom stereocenters. The van der Waals surface area contributed by atoms with E-state index in [0.29, 0.717) is 5.69 Å². The van der Waals surface area contributed by atoms with Crippen LogP contribution in [-0.4, -0.2) is 31.2 Å². The average Bonchev–Trinajstić information content (AvgIpc) is 3.17. The largest absolute Gasteiger partial charge is 0.497 e. The van der Waals surface area contributed by atoms with E-state index in [4.69, 9.17) is 9.47 Å². The molecule has 0 saturated heterocycles. The maximum Gasteiger partial charge on any atom is 0.270 e. The second kappa shape index (κ2) is 8.44. The van der Waals surface area contributed by atoms with Gasteiger partial charge in [-0.05, 0) is 36.4 Å². The van der Waals surface area contributed by atoms with Crippen molar-refractivity contribution in [2.24, 2.45) is 0 Å². The van der Waals surface area contributed by atoms with E-state index >= 15 is 0 Å². The standard InChI is InChI=1S/C19H17FN2O3S/c1-24-14-8-6-13(7-9-14)19-22-16(12-26-19)18(23)21-10-11-25-17-5-3-2-4-15(17)20/h2-9,12H,10-11H2,1H3,(H,21,23). The third-order valence-corrected chi connectivity index (χ3v) is 4.45. The van der Waals surface area contributed by atoms with Crippen LogP contribution in [-0.2, 0) is 0 Å². The van der Waals surface area contributed by atoms with Crippen LogP contribution in [0.2, 0.25) is 0 Å². The molecular weight excluding hydrogens is 355 g/mol. The van der Waals surface area contributed by atoms with E-state index in [1.165, 1.54) is 17.4 Å². The number of para-hydroxylation sites is 1. The topological polar surface area (TPSA) is 60.5 Å². The SMILES string of the molecule is COc1ccc(-c2nc(C(=O)NCCOc3ccccc3F)cs2)cc1. The number of hydrogen-bond acceptors (Lipinski definition) is 5. The van der Waals surface area contributed by atoms with E-state index in [1.54, 1.807) is 30.7 Å². The van der Waals surface area contributed by atoms with E-state index in [1.807, 2.05) is 24.3 Å². The molecule has 1 heterocycles. The molecule has 0 unspecified atom stereocenters. The number of carbonyl (C=O) groups excluding carboxylic acids is 1. The Morgan fingerprint density at radius 2 is 1.96 bits per heavy atom. The van der Waals surface area contributed by atoms with E-state index < -0.39 is 5.82 Å². The normalized spacial score (nSPS) is 10.4. The minimum Gasteiger partial charge on any atom is -0.497 e. The lowest BCUT2D eigenvalue weighted by Crippen LogP contribution is -2.28. The molecule has 1 N–H and O–H groups in total. The summed E-state index contributed by atoms with van der Waals surface area (Å²) in [7, 11) is 1.61. The van der Waals surface area contributed by atoms with Gasteiger partial charge in [0.05, 0.1) is 13.7 Å². The number of carbonyl (C=O) groups is 1. The summed E-state index contributed by atoms with van der Waals surface area (Å²) in [5.41, 5.74) is 1.25.